The molecule has 1 aromatic carbocycles. The summed E-state index contributed by atoms with van der Waals surface area (Å²) in [5.74, 6) is -0.326. The molecular weight excluding hydrogens is 230 g/mol. The molecule has 1 saturated carbocycles. The molecule has 0 saturated heterocycles. The molecule has 1 aliphatic carbocycles. The van der Waals surface area contributed by atoms with Crippen molar-refractivity contribution in [1.82, 2.24) is 0 Å². The molecule has 0 bridgehead atoms. The van der Waals surface area contributed by atoms with Crippen LogP contribution in [0.15, 0.2) is 30.3 Å². The molecule has 4 nitrogen and oxygen atoms in total. The number of hydrogen-bond acceptors (Lipinski definition) is 3. The first-order valence-electron chi connectivity index (χ1n) is 6.38. The van der Waals surface area contributed by atoms with Crippen molar-refractivity contribution < 1.29 is 9.72 Å². The fourth-order valence-corrected chi connectivity index (χ4v) is 2.64. The summed E-state index contributed by atoms with van der Waals surface area (Å²) in [5.41, 5.74) is 0.928. The summed E-state index contributed by atoms with van der Waals surface area (Å²) < 4.78 is 0. The van der Waals surface area contributed by atoms with Gasteiger partial charge in [0.05, 0.1) is 5.92 Å². The minimum Gasteiger partial charge on any atom is -0.299 e. The average molecular weight is 247 g/mol. The van der Waals surface area contributed by atoms with E-state index in [1.807, 2.05) is 30.3 Å². The van der Waals surface area contributed by atoms with E-state index in [9.17, 15) is 14.9 Å². The van der Waals surface area contributed by atoms with E-state index in [0.717, 1.165) is 18.4 Å². The molecule has 0 radical (unpaired) electrons. The Bertz CT molecular complexity index is 430. The third kappa shape index (κ3) is 2.94. The third-order valence-corrected chi connectivity index (χ3v) is 3.62. The molecule has 1 aliphatic rings. The lowest BCUT2D eigenvalue weighted by molar-refractivity contribution is -0.529. The first-order valence-corrected chi connectivity index (χ1v) is 6.38. The van der Waals surface area contributed by atoms with Crippen molar-refractivity contribution in [1.29, 1.82) is 0 Å². The van der Waals surface area contributed by atoms with Gasteiger partial charge in [-0.2, -0.15) is 0 Å². The van der Waals surface area contributed by atoms with Gasteiger partial charge in [-0.1, -0.05) is 36.8 Å². The summed E-state index contributed by atoms with van der Waals surface area (Å²) in [5, 5.41) is 11.2. The largest absolute Gasteiger partial charge is 0.299 e. The highest BCUT2D eigenvalue weighted by molar-refractivity contribution is 5.82. The van der Waals surface area contributed by atoms with Crippen LogP contribution in [0.25, 0.3) is 0 Å². The van der Waals surface area contributed by atoms with Crippen LogP contribution in [0.3, 0.4) is 0 Å². The number of Topliss-reactive ketones (excluding diaryl/α,β-unsaturated/α-hetero) is 1. The highest BCUT2D eigenvalue weighted by atomic mass is 16.6. The Morgan fingerprint density at radius 2 is 2.00 bits per heavy atom. The summed E-state index contributed by atoms with van der Waals surface area (Å²) in [4.78, 5) is 22.8. The molecule has 0 aromatic heterocycles. The second-order valence-electron chi connectivity index (χ2n) is 4.86. The van der Waals surface area contributed by atoms with Crippen LogP contribution in [0.5, 0.6) is 0 Å². The van der Waals surface area contributed by atoms with Gasteiger partial charge in [0.25, 0.3) is 0 Å². The van der Waals surface area contributed by atoms with Gasteiger partial charge in [-0.15, -0.1) is 0 Å². The monoisotopic (exact) mass is 247 g/mol. The normalized spacial score (nSPS) is 21.6. The van der Waals surface area contributed by atoms with Gasteiger partial charge in [0, 0.05) is 17.8 Å². The van der Waals surface area contributed by atoms with Crippen LogP contribution in [-0.2, 0) is 11.2 Å². The van der Waals surface area contributed by atoms with Crippen LogP contribution in [0.4, 0.5) is 0 Å². The maximum absolute atomic E-state index is 11.8. The van der Waals surface area contributed by atoms with Gasteiger partial charge in [0.15, 0.2) is 0 Å². The van der Waals surface area contributed by atoms with Crippen LogP contribution in [0.1, 0.15) is 31.2 Å². The molecule has 18 heavy (non-hydrogen) atoms. The minimum absolute atomic E-state index is 0.0684. The van der Waals surface area contributed by atoms with Crippen molar-refractivity contribution in [2.75, 3.05) is 0 Å². The average Bonchev–Trinajstić information content (AvgIpc) is 2.38. The zero-order valence-electron chi connectivity index (χ0n) is 10.2. The van der Waals surface area contributed by atoms with E-state index in [1.54, 1.807) is 0 Å². The summed E-state index contributed by atoms with van der Waals surface area (Å²) in [6.45, 7) is 0. The molecule has 0 unspecified atom stereocenters. The van der Waals surface area contributed by atoms with Gasteiger partial charge >= 0.3 is 0 Å². The Morgan fingerprint density at radius 1 is 1.28 bits per heavy atom. The van der Waals surface area contributed by atoms with Crippen molar-refractivity contribution in [2.24, 2.45) is 5.92 Å². The lowest BCUT2D eigenvalue weighted by Crippen LogP contribution is -2.38. The van der Waals surface area contributed by atoms with E-state index < -0.39 is 12.0 Å². The highest BCUT2D eigenvalue weighted by Gasteiger charge is 2.37. The Balaban J connectivity index is 2.13. The third-order valence-electron chi connectivity index (χ3n) is 3.62. The predicted octanol–water partition coefficient (Wildman–Crippen LogP) is 2.63. The van der Waals surface area contributed by atoms with Crippen LogP contribution >= 0.6 is 0 Å². The molecule has 0 amide bonds. The molecule has 96 valence electrons. The number of hydrogen-bond donors (Lipinski definition) is 0. The first kappa shape index (κ1) is 12.7. The fraction of sp³-hybridized carbons (Fsp3) is 0.500. The number of nitro groups is 1. The van der Waals surface area contributed by atoms with E-state index in [4.69, 9.17) is 0 Å². The van der Waals surface area contributed by atoms with Gasteiger partial charge in [0.2, 0.25) is 6.04 Å². The molecule has 0 spiro atoms. The van der Waals surface area contributed by atoms with Crippen molar-refractivity contribution in [2.45, 2.75) is 38.1 Å². The predicted molar refractivity (Wildman–Crippen MR) is 67.9 cm³/mol. The quantitative estimate of drug-likeness (QED) is 0.607. The Hall–Kier alpha value is -1.71. The second-order valence-corrected chi connectivity index (χ2v) is 4.86. The summed E-state index contributed by atoms with van der Waals surface area (Å²) >= 11 is 0. The smallest absolute Gasteiger partial charge is 0.226 e. The second kappa shape index (κ2) is 5.76. The zero-order chi connectivity index (χ0) is 13.0. The first-order chi connectivity index (χ1) is 8.68. The number of rotatable bonds is 4. The van der Waals surface area contributed by atoms with Crippen LogP contribution < -0.4 is 0 Å². The van der Waals surface area contributed by atoms with Gasteiger partial charge < -0.3 is 0 Å². The van der Waals surface area contributed by atoms with Crippen molar-refractivity contribution in [3.63, 3.8) is 0 Å². The molecule has 1 fully saturated rings. The summed E-state index contributed by atoms with van der Waals surface area (Å²) in [7, 11) is 0. The summed E-state index contributed by atoms with van der Waals surface area (Å²) in [6.07, 6.45) is 3.33. The van der Waals surface area contributed by atoms with Crippen LogP contribution in [0, 0.1) is 16.0 Å². The van der Waals surface area contributed by atoms with Crippen LogP contribution in [0.2, 0.25) is 0 Å². The molecule has 2 rings (SSSR count). The lowest BCUT2D eigenvalue weighted by atomic mass is 9.81. The molecule has 2 atom stereocenters. The van der Waals surface area contributed by atoms with Gasteiger partial charge in [-0.3, -0.25) is 14.9 Å². The number of nitrogens with zero attached hydrogens (tertiary/aromatic N) is 1. The van der Waals surface area contributed by atoms with Gasteiger partial charge in [-0.05, 0) is 18.4 Å². The molecule has 0 aliphatic heterocycles. The molecule has 0 N–H and O–H groups in total. The van der Waals surface area contributed by atoms with Gasteiger partial charge in [0.1, 0.15) is 5.78 Å². The Kier molecular flexibility index (Phi) is 4.07. The number of benzene rings is 1. The number of carbonyl (C=O) groups is 1. The number of carbonyl (C=O) groups excluding carboxylic acids is 1. The van der Waals surface area contributed by atoms with Crippen molar-refractivity contribution in [3.05, 3.63) is 46.0 Å². The van der Waals surface area contributed by atoms with E-state index >= 15 is 0 Å². The van der Waals surface area contributed by atoms with E-state index in [-0.39, 0.29) is 10.7 Å². The molecule has 4 heteroatoms. The SMILES string of the molecule is O=C1CCCC[C@H]1[C@@H](Cc1ccccc1)[N+](=O)[O-]. The Labute approximate surface area is 106 Å². The van der Waals surface area contributed by atoms with Crippen molar-refractivity contribution in [3.8, 4) is 0 Å². The molecule has 0 heterocycles. The zero-order valence-corrected chi connectivity index (χ0v) is 10.2. The highest BCUT2D eigenvalue weighted by Crippen LogP contribution is 2.26. The molecular formula is C14H17NO3. The maximum atomic E-state index is 11.8. The van der Waals surface area contributed by atoms with E-state index in [1.165, 1.54) is 0 Å². The molecule has 1 aromatic rings. The van der Waals surface area contributed by atoms with E-state index in [0.29, 0.717) is 19.3 Å². The Morgan fingerprint density at radius 3 is 2.61 bits per heavy atom. The maximum Gasteiger partial charge on any atom is 0.226 e. The minimum atomic E-state index is -0.764. The van der Waals surface area contributed by atoms with Gasteiger partial charge in [-0.25, -0.2) is 0 Å². The fourth-order valence-electron chi connectivity index (χ4n) is 2.64. The van der Waals surface area contributed by atoms with E-state index in [2.05, 4.69) is 0 Å². The standard InChI is InChI=1S/C14H17NO3/c16-14-9-5-4-8-12(14)13(15(17)18)10-11-6-2-1-3-7-11/h1-3,6-7,12-13H,4-5,8-10H2/t12-,13+/m0/s1. The van der Waals surface area contributed by atoms with Crippen LogP contribution in [-0.4, -0.2) is 16.7 Å². The summed E-state index contributed by atoms with van der Waals surface area (Å²) in [6, 6.07) is 8.62. The number of ketones is 1. The topological polar surface area (TPSA) is 60.2 Å². The van der Waals surface area contributed by atoms with Crippen molar-refractivity contribution >= 4 is 5.78 Å². The lowest BCUT2D eigenvalue weighted by Gasteiger charge is -2.23.